The van der Waals surface area contributed by atoms with E-state index in [2.05, 4.69) is 31.8 Å². The van der Waals surface area contributed by atoms with E-state index in [1.165, 1.54) is 0 Å². The van der Waals surface area contributed by atoms with Crippen LogP contribution in [0.5, 0.6) is 0 Å². The van der Waals surface area contributed by atoms with E-state index in [9.17, 15) is 10.1 Å². The first-order valence-electron chi connectivity index (χ1n) is 8.28. The zero-order valence-electron chi connectivity index (χ0n) is 14.9. The Bertz CT molecular complexity index is 969. The Morgan fingerprint density at radius 1 is 1.12 bits per heavy atom. The smallest absolute Gasteiger partial charge is 0.187 e. The van der Waals surface area contributed by atoms with Crippen LogP contribution in [0, 0.1) is 11.3 Å². The van der Waals surface area contributed by atoms with Gasteiger partial charge in [0, 0.05) is 12.6 Å². The van der Waals surface area contributed by atoms with Gasteiger partial charge in [0.25, 0.3) is 0 Å². The Morgan fingerprint density at radius 3 is 2.32 bits per heavy atom. The molecule has 3 rings (SSSR count). The minimum Gasteiger partial charge on any atom is -0.330 e. The summed E-state index contributed by atoms with van der Waals surface area (Å²) < 4.78 is 1.82. The molecule has 1 aromatic heterocycles. The number of carbonyl (C=O) groups excluding carboxylic acids is 1. The van der Waals surface area contributed by atoms with Gasteiger partial charge in [0.2, 0.25) is 0 Å². The number of aromatic nitrogens is 2. The minimum absolute atomic E-state index is 0.0214. The van der Waals surface area contributed by atoms with Gasteiger partial charge >= 0.3 is 0 Å². The van der Waals surface area contributed by atoms with Crippen molar-refractivity contribution in [3.05, 3.63) is 65.5 Å². The van der Waals surface area contributed by atoms with Gasteiger partial charge in [-0.1, -0.05) is 57.2 Å². The Hall–Kier alpha value is -2.93. The van der Waals surface area contributed by atoms with Gasteiger partial charge in [-0.25, -0.2) is 4.98 Å². The van der Waals surface area contributed by atoms with Crippen LogP contribution in [0.25, 0.3) is 11.0 Å². The monoisotopic (exact) mass is 331 g/mol. The number of imidazole rings is 1. The van der Waals surface area contributed by atoms with Crippen LogP contribution in [0.3, 0.4) is 0 Å². The van der Waals surface area contributed by atoms with Crippen LogP contribution < -0.4 is 0 Å². The van der Waals surface area contributed by atoms with Gasteiger partial charge < -0.3 is 4.57 Å². The number of ketones is 1. The van der Waals surface area contributed by atoms with E-state index in [0.29, 0.717) is 11.4 Å². The third-order valence-electron chi connectivity index (χ3n) is 4.51. The first-order chi connectivity index (χ1) is 11.8. The first-order valence-corrected chi connectivity index (χ1v) is 8.28. The molecule has 0 fully saturated rings. The van der Waals surface area contributed by atoms with Crippen LogP contribution in [0.2, 0.25) is 0 Å². The quantitative estimate of drug-likeness (QED) is 0.670. The number of aryl methyl sites for hydroxylation is 1. The fourth-order valence-corrected chi connectivity index (χ4v) is 2.96. The fraction of sp³-hybridized carbons (Fsp3) is 0.286. The maximum Gasteiger partial charge on any atom is 0.187 e. The Morgan fingerprint density at radius 2 is 1.76 bits per heavy atom. The molecular formula is C21H21N3O. The molecule has 4 heteroatoms. The van der Waals surface area contributed by atoms with Crippen LogP contribution >= 0.6 is 0 Å². The maximum absolute atomic E-state index is 12.9. The third-order valence-corrected chi connectivity index (χ3v) is 4.51. The highest BCUT2D eigenvalue weighted by Gasteiger charge is 2.27. The number of benzene rings is 2. The lowest BCUT2D eigenvalue weighted by molar-refractivity contribution is 0.0975. The van der Waals surface area contributed by atoms with Crippen LogP contribution in [-0.2, 0) is 12.5 Å². The highest BCUT2D eigenvalue weighted by Crippen LogP contribution is 2.26. The molecule has 0 bridgehead atoms. The van der Waals surface area contributed by atoms with E-state index in [0.717, 1.165) is 16.6 Å². The van der Waals surface area contributed by atoms with Crippen molar-refractivity contribution in [2.45, 2.75) is 32.1 Å². The number of carbonyl (C=O) groups is 1. The lowest BCUT2D eigenvalue weighted by Crippen LogP contribution is -2.16. The minimum atomic E-state index is -0.919. The molecule has 0 saturated heterocycles. The van der Waals surface area contributed by atoms with E-state index in [-0.39, 0.29) is 11.2 Å². The third kappa shape index (κ3) is 3.06. The maximum atomic E-state index is 12.9. The summed E-state index contributed by atoms with van der Waals surface area (Å²) in [5.74, 6) is -0.659. The summed E-state index contributed by atoms with van der Waals surface area (Å²) in [6, 6.07) is 17.3. The van der Waals surface area contributed by atoms with Crippen LogP contribution in [0.15, 0.2) is 48.5 Å². The molecule has 0 radical (unpaired) electrons. The molecule has 4 nitrogen and oxygen atoms in total. The standard InChI is InChI=1S/C21H21N3O/c1-21(2,3)15-11-9-14(10-12-15)19(25)16(13-22)20-23-17-7-5-6-8-18(17)24(20)4/h5-12,16H,1-4H3/t16-/m1/s1. The van der Waals surface area contributed by atoms with Crippen molar-refractivity contribution >= 4 is 16.8 Å². The van der Waals surface area contributed by atoms with E-state index in [1.807, 2.05) is 48.0 Å². The number of nitrogens with zero attached hydrogens (tertiary/aromatic N) is 3. The molecule has 25 heavy (non-hydrogen) atoms. The molecule has 0 saturated carbocycles. The number of para-hydroxylation sites is 2. The number of hydrogen-bond donors (Lipinski definition) is 0. The number of nitriles is 1. The van der Waals surface area contributed by atoms with Crippen molar-refractivity contribution in [2.24, 2.45) is 7.05 Å². The second-order valence-electron chi connectivity index (χ2n) is 7.27. The zero-order valence-corrected chi connectivity index (χ0v) is 14.9. The van der Waals surface area contributed by atoms with Crippen molar-refractivity contribution in [1.29, 1.82) is 5.26 Å². The molecule has 1 atom stereocenters. The molecule has 1 heterocycles. The molecular weight excluding hydrogens is 310 g/mol. The van der Waals surface area contributed by atoms with Crippen LogP contribution in [-0.4, -0.2) is 15.3 Å². The highest BCUT2D eigenvalue weighted by molar-refractivity contribution is 6.02. The fourth-order valence-electron chi connectivity index (χ4n) is 2.96. The Labute approximate surface area is 147 Å². The molecule has 0 spiro atoms. The average molecular weight is 331 g/mol. The number of Topliss-reactive ketones (excluding diaryl/α,β-unsaturated/α-hetero) is 1. The van der Waals surface area contributed by atoms with Gasteiger partial charge in [0.1, 0.15) is 5.82 Å². The molecule has 2 aromatic carbocycles. The predicted octanol–water partition coefficient (Wildman–Crippen LogP) is 4.36. The molecule has 0 aliphatic carbocycles. The van der Waals surface area contributed by atoms with E-state index in [4.69, 9.17) is 0 Å². The van der Waals surface area contributed by atoms with Crippen molar-refractivity contribution in [2.75, 3.05) is 0 Å². The average Bonchev–Trinajstić information content (AvgIpc) is 2.92. The van der Waals surface area contributed by atoms with Crippen molar-refractivity contribution in [3.63, 3.8) is 0 Å². The zero-order chi connectivity index (χ0) is 18.2. The number of rotatable bonds is 3. The largest absolute Gasteiger partial charge is 0.330 e. The summed E-state index contributed by atoms with van der Waals surface area (Å²) in [6.45, 7) is 6.38. The number of hydrogen-bond acceptors (Lipinski definition) is 3. The molecule has 0 N–H and O–H groups in total. The summed E-state index contributed by atoms with van der Waals surface area (Å²) in [7, 11) is 1.84. The van der Waals surface area contributed by atoms with Gasteiger partial charge in [-0.05, 0) is 23.1 Å². The molecule has 0 unspecified atom stereocenters. The van der Waals surface area contributed by atoms with Gasteiger partial charge in [0.05, 0.1) is 17.1 Å². The summed E-state index contributed by atoms with van der Waals surface area (Å²) in [5, 5.41) is 9.62. The summed E-state index contributed by atoms with van der Waals surface area (Å²) >= 11 is 0. The molecule has 126 valence electrons. The van der Waals surface area contributed by atoms with Gasteiger partial charge in [-0.2, -0.15) is 5.26 Å². The summed E-state index contributed by atoms with van der Waals surface area (Å²) in [6.07, 6.45) is 0. The second-order valence-corrected chi connectivity index (χ2v) is 7.27. The predicted molar refractivity (Wildman–Crippen MR) is 98.5 cm³/mol. The highest BCUT2D eigenvalue weighted by atomic mass is 16.1. The first kappa shape index (κ1) is 16.9. The Balaban J connectivity index is 1.99. The van der Waals surface area contributed by atoms with Crippen molar-refractivity contribution in [3.8, 4) is 6.07 Å². The molecule has 0 aliphatic rings. The van der Waals surface area contributed by atoms with Crippen molar-refractivity contribution < 1.29 is 4.79 Å². The molecule has 3 aromatic rings. The van der Waals surface area contributed by atoms with Crippen molar-refractivity contribution in [1.82, 2.24) is 9.55 Å². The lowest BCUT2D eigenvalue weighted by atomic mass is 9.86. The van der Waals surface area contributed by atoms with Crippen LogP contribution in [0.4, 0.5) is 0 Å². The van der Waals surface area contributed by atoms with E-state index >= 15 is 0 Å². The van der Waals surface area contributed by atoms with Gasteiger partial charge in [-0.15, -0.1) is 0 Å². The topological polar surface area (TPSA) is 58.7 Å². The van der Waals surface area contributed by atoms with Gasteiger partial charge in [-0.3, -0.25) is 4.79 Å². The van der Waals surface area contributed by atoms with E-state index in [1.54, 1.807) is 12.1 Å². The molecule has 0 amide bonds. The lowest BCUT2D eigenvalue weighted by Gasteiger charge is -2.19. The molecule has 0 aliphatic heterocycles. The summed E-state index contributed by atoms with van der Waals surface area (Å²) in [4.78, 5) is 17.4. The van der Waals surface area contributed by atoms with E-state index < -0.39 is 5.92 Å². The van der Waals surface area contributed by atoms with Gasteiger partial charge in [0.15, 0.2) is 11.7 Å². The number of fused-ring (bicyclic) bond motifs is 1. The van der Waals surface area contributed by atoms with Crippen LogP contribution in [0.1, 0.15) is 48.4 Å². The Kier molecular flexibility index (Phi) is 4.18. The second kappa shape index (κ2) is 6.18. The SMILES string of the molecule is Cn1c([C@H](C#N)C(=O)c2ccc(C(C)(C)C)cc2)nc2ccccc21. The summed E-state index contributed by atoms with van der Waals surface area (Å²) in [5.41, 5.74) is 3.41. The normalized spacial score (nSPS) is 12.8.